The van der Waals surface area contributed by atoms with Crippen LogP contribution < -0.4 is 5.73 Å². The van der Waals surface area contributed by atoms with Gasteiger partial charge in [0.15, 0.2) is 5.58 Å². The van der Waals surface area contributed by atoms with Crippen LogP contribution in [0.15, 0.2) is 51.3 Å². The lowest BCUT2D eigenvalue weighted by Gasteiger charge is -2.01. The number of amidine groups is 1. The number of hydrogen-bond donors (Lipinski definition) is 2. The molecule has 0 unspecified atom stereocenters. The third-order valence-electron chi connectivity index (χ3n) is 2.38. The fourth-order valence-electron chi connectivity index (χ4n) is 1.56. The van der Waals surface area contributed by atoms with Crippen molar-refractivity contribution in [3.63, 3.8) is 0 Å². The van der Waals surface area contributed by atoms with E-state index in [0.29, 0.717) is 21.5 Å². The van der Waals surface area contributed by atoms with Crippen LogP contribution in [-0.2, 0) is 0 Å². The summed E-state index contributed by atoms with van der Waals surface area (Å²) in [5.74, 6) is -0.133. The van der Waals surface area contributed by atoms with Crippen LogP contribution in [0.1, 0.15) is 5.69 Å². The fourth-order valence-corrected chi connectivity index (χ4v) is 2.38. The van der Waals surface area contributed by atoms with Crippen LogP contribution in [0.4, 0.5) is 0 Å². The number of nitrogens with one attached hydrogen (secondary N) is 1. The molecule has 0 fully saturated rings. The van der Waals surface area contributed by atoms with Gasteiger partial charge in [-0.25, -0.2) is 15.0 Å². The zero-order valence-electron chi connectivity index (χ0n) is 9.70. The Morgan fingerprint density at radius 1 is 1.21 bits per heavy atom. The van der Waals surface area contributed by atoms with Gasteiger partial charge < -0.3 is 10.2 Å². The number of nitrogens with zero attached hydrogens (tertiary/aromatic N) is 3. The maximum Gasteiger partial charge on any atom is 0.263 e. The molecule has 0 aliphatic heterocycles. The predicted molar refractivity (Wildman–Crippen MR) is 71.2 cm³/mol. The van der Waals surface area contributed by atoms with Gasteiger partial charge in [-0.2, -0.15) is 0 Å². The van der Waals surface area contributed by atoms with Crippen LogP contribution in [0.3, 0.4) is 0 Å². The van der Waals surface area contributed by atoms with Crippen LogP contribution in [-0.4, -0.2) is 20.8 Å². The molecule has 0 saturated heterocycles. The molecule has 2 aromatic heterocycles. The van der Waals surface area contributed by atoms with Gasteiger partial charge in [-0.05, 0) is 23.9 Å². The topological polar surface area (TPSA) is 102 Å². The highest BCUT2D eigenvalue weighted by Crippen LogP contribution is 2.29. The fraction of sp³-hybridized carbons (Fsp3) is 0. The minimum Gasteiger partial charge on any atom is -0.431 e. The first-order chi connectivity index (χ1) is 9.24. The van der Waals surface area contributed by atoms with Gasteiger partial charge in [0.05, 0.1) is 0 Å². The smallest absolute Gasteiger partial charge is 0.263 e. The monoisotopic (exact) mass is 271 g/mol. The van der Waals surface area contributed by atoms with E-state index >= 15 is 0 Å². The van der Waals surface area contributed by atoms with Crippen molar-refractivity contribution < 1.29 is 4.42 Å². The molecule has 0 amide bonds. The second-order valence-electron chi connectivity index (χ2n) is 3.67. The molecule has 2 heterocycles. The predicted octanol–water partition coefficient (Wildman–Crippen LogP) is 2.05. The maximum absolute atomic E-state index is 7.46. The van der Waals surface area contributed by atoms with Gasteiger partial charge >= 0.3 is 0 Å². The molecule has 3 aromatic rings. The van der Waals surface area contributed by atoms with Crippen molar-refractivity contribution in [3.05, 3.63) is 42.4 Å². The summed E-state index contributed by atoms with van der Waals surface area (Å²) >= 11 is 1.20. The SMILES string of the molecule is N=C(N)c1nccnc1Sc1nc2ccccc2o1. The lowest BCUT2D eigenvalue weighted by atomic mass is 10.3. The molecule has 0 aliphatic rings. The summed E-state index contributed by atoms with van der Waals surface area (Å²) in [6.07, 6.45) is 3.03. The summed E-state index contributed by atoms with van der Waals surface area (Å²) < 4.78 is 5.58. The number of para-hydroxylation sites is 2. The third-order valence-corrected chi connectivity index (χ3v) is 3.22. The first-order valence-electron chi connectivity index (χ1n) is 5.43. The molecule has 7 heteroatoms. The molecule has 0 aliphatic carbocycles. The highest BCUT2D eigenvalue weighted by molar-refractivity contribution is 7.99. The van der Waals surface area contributed by atoms with Crippen LogP contribution >= 0.6 is 11.8 Å². The Bertz CT molecular complexity index is 721. The van der Waals surface area contributed by atoms with E-state index in [4.69, 9.17) is 15.6 Å². The number of rotatable bonds is 3. The zero-order valence-corrected chi connectivity index (χ0v) is 10.5. The van der Waals surface area contributed by atoms with Gasteiger partial charge in [-0.3, -0.25) is 5.41 Å². The molecule has 0 radical (unpaired) electrons. The van der Waals surface area contributed by atoms with Crippen molar-refractivity contribution in [1.82, 2.24) is 15.0 Å². The van der Waals surface area contributed by atoms with Gasteiger partial charge in [0, 0.05) is 12.4 Å². The van der Waals surface area contributed by atoms with Crippen LogP contribution in [0.25, 0.3) is 11.1 Å². The van der Waals surface area contributed by atoms with Crippen LogP contribution in [0.2, 0.25) is 0 Å². The number of hydrogen-bond acceptors (Lipinski definition) is 6. The average Bonchev–Trinajstić information content (AvgIpc) is 2.81. The number of oxazole rings is 1. The molecule has 0 bridgehead atoms. The highest BCUT2D eigenvalue weighted by Gasteiger charge is 2.13. The molecule has 0 saturated carbocycles. The largest absolute Gasteiger partial charge is 0.431 e. The highest BCUT2D eigenvalue weighted by atomic mass is 32.2. The van der Waals surface area contributed by atoms with E-state index in [0.717, 1.165) is 5.52 Å². The number of aromatic nitrogens is 3. The minimum absolute atomic E-state index is 0.133. The molecular weight excluding hydrogens is 262 g/mol. The summed E-state index contributed by atoms with van der Waals surface area (Å²) in [4.78, 5) is 12.5. The van der Waals surface area contributed by atoms with Crippen LogP contribution in [0, 0.1) is 5.41 Å². The van der Waals surface area contributed by atoms with Crippen LogP contribution in [0.5, 0.6) is 0 Å². The summed E-state index contributed by atoms with van der Waals surface area (Å²) in [5, 5.41) is 8.41. The number of benzene rings is 1. The van der Waals surface area contributed by atoms with E-state index in [1.54, 1.807) is 0 Å². The molecule has 1 aromatic carbocycles. The number of nitrogen functional groups attached to an aromatic ring is 1. The number of fused-ring (bicyclic) bond motifs is 1. The van der Waals surface area contributed by atoms with Crippen molar-refractivity contribution >= 4 is 28.7 Å². The van der Waals surface area contributed by atoms with Crippen molar-refractivity contribution in [2.24, 2.45) is 5.73 Å². The molecule has 0 spiro atoms. The Kier molecular flexibility index (Phi) is 2.88. The minimum atomic E-state index is -0.133. The molecule has 94 valence electrons. The van der Waals surface area contributed by atoms with E-state index < -0.39 is 0 Å². The summed E-state index contributed by atoms with van der Waals surface area (Å²) in [6, 6.07) is 7.48. The van der Waals surface area contributed by atoms with Crippen molar-refractivity contribution in [2.45, 2.75) is 10.2 Å². The molecule has 0 atom stereocenters. The Labute approximate surface area is 112 Å². The molecule has 3 rings (SSSR count). The van der Waals surface area contributed by atoms with Crippen molar-refractivity contribution in [2.75, 3.05) is 0 Å². The first kappa shape index (κ1) is 11.7. The molecule has 19 heavy (non-hydrogen) atoms. The quantitative estimate of drug-likeness (QED) is 0.558. The Morgan fingerprint density at radius 3 is 2.79 bits per heavy atom. The van der Waals surface area contributed by atoms with Crippen molar-refractivity contribution in [3.8, 4) is 0 Å². The average molecular weight is 271 g/mol. The van der Waals surface area contributed by atoms with Gasteiger partial charge in [0.25, 0.3) is 5.22 Å². The van der Waals surface area contributed by atoms with Gasteiger partial charge in [0.1, 0.15) is 22.1 Å². The van der Waals surface area contributed by atoms with E-state index in [-0.39, 0.29) is 5.84 Å². The van der Waals surface area contributed by atoms with E-state index in [1.807, 2.05) is 24.3 Å². The number of nitrogens with two attached hydrogens (primary N) is 1. The van der Waals surface area contributed by atoms with E-state index in [1.165, 1.54) is 24.2 Å². The van der Waals surface area contributed by atoms with Crippen molar-refractivity contribution in [1.29, 1.82) is 5.41 Å². The summed E-state index contributed by atoms with van der Waals surface area (Å²) in [7, 11) is 0. The first-order valence-corrected chi connectivity index (χ1v) is 6.24. The molecule has 6 nitrogen and oxygen atoms in total. The van der Waals surface area contributed by atoms with Gasteiger partial charge in [0.2, 0.25) is 0 Å². The standard InChI is InChI=1S/C12H9N5OS/c13-10(14)9-11(16-6-5-15-9)19-12-17-7-3-1-2-4-8(7)18-12/h1-6H,(H3,13,14). The Balaban J connectivity index is 1.99. The lowest BCUT2D eigenvalue weighted by molar-refractivity contribution is 0.489. The Hall–Kier alpha value is -2.41. The van der Waals surface area contributed by atoms with E-state index in [9.17, 15) is 0 Å². The van der Waals surface area contributed by atoms with Gasteiger partial charge in [-0.15, -0.1) is 0 Å². The molecular formula is C12H9N5OS. The molecule has 3 N–H and O–H groups in total. The Morgan fingerprint density at radius 2 is 2.00 bits per heavy atom. The second-order valence-corrected chi connectivity index (χ2v) is 4.61. The summed E-state index contributed by atoms with van der Waals surface area (Å²) in [5.41, 5.74) is 7.27. The van der Waals surface area contributed by atoms with Gasteiger partial charge in [-0.1, -0.05) is 12.1 Å². The third kappa shape index (κ3) is 2.27. The maximum atomic E-state index is 7.46. The summed E-state index contributed by atoms with van der Waals surface area (Å²) in [6.45, 7) is 0. The lowest BCUT2D eigenvalue weighted by Crippen LogP contribution is -2.14. The second kappa shape index (κ2) is 4.69. The zero-order chi connectivity index (χ0) is 13.2. The normalized spacial score (nSPS) is 10.7. The van der Waals surface area contributed by atoms with E-state index in [2.05, 4.69) is 15.0 Å².